The van der Waals surface area contributed by atoms with E-state index in [0.29, 0.717) is 19.0 Å². The number of amides is 1. The first kappa shape index (κ1) is 39.5. The zero-order chi connectivity index (χ0) is 32.3. The third kappa shape index (κ3) is 15.6. The van der Waals surface area contributed by atoms with Crippen molar-refractivity contribution in [1.29, 1.82) is 0 Å². The van der Waals surface area contributed by atoms with Crippen LogP contribution in [0.15, 0.2) is 64.5 Å². The average Bonchev–Trinajstić information content (AvgIpc) is 2.91. The first-order chi connectivity index (χ1) is 19.8. The van der Waals surface area contributed by atoms with Gasteiger partial charge in [-0.25, -0.2) is 4.79 Å². The van der Waals surface area contributed by atoms with Crippen molar-refractivity contribution in [2.45, 2.75) is 114 Å². The van der Waals surface area contributed by atoms with Crippen molar-refractivity contribution < 1.29 is 9.53 Å². The highest BCUT2D eigenvalue weighted by molar-refractivity contribution is 6.30. The van der Waals surface area contributed by atoms with Crippen LogP contribution in [0.25, 0.3) is 0 Å². The van der Waals surface area contributed by atoms with Gasteiger partial charge in [0.2, 0.25) is 0 Å². The number of aryl methyl sites for hydroxylation is 1. The van der Waals surface area contributed by atoms with Gasteiger partial charge in [-0.15, -0.1) is 0 Å². The molecule has 1 heterocycles. The lowest BCUT2D eigenvalue weighted by Gasteiger charge is -2.38. The Balaban J connectivity index is 0.00000106. The molecule has 6 heteroatoms. The fourth-order valence-electron chi connectivity index (χ4n) is 4.47. The molecule has 1 amide bonds. The van der Waals surface area contributed by atoms with E-state index in [9.17, 15) is 4.79 Å². The molecule has 0 radical (unpaired) electrons. The summed E-state index contributed by atoms with van der Waals surface area (Å²) in [6, 6.07) is 8.02. The first-order valence-electron chi connectivity index (χ1n) is 15.8. The van der Waals surface area contributed by atoms with Gasteiger partial charge in [-0.1, -0.05) is 90.3 Å². The van der Waals surface area contributed by atoms with Crippen molar-refractivity contribution in [3.63, 3.8) is 0 Å². The van der Waals surface area contributed by atoms with Crippen LogP contribution < -0.4 is 0 Å². The van der Waals surface area contributed by atoms with Crippen LogP contribution in [0.4, 0.5) is 4.79 Å². The number of ether oxygens (including phenoxy) is 1. The third-order valence-corrected chi connectivity index (χ3v) is 6.62. The second-order valence-corrected chi connectivity index (χ2v) is 12.3. The van der Waals surface area contributed by atoms with Gasteiger partial charge in [0.25, 0.3) is 0 Å². The van der Waals surface area contributed by atoms with Crippen molar-refractivity contribution in [1.82, 2.24) is 9.80 Å². The molecule has 0 N–H and O–H groups in total. The second kappa shape index (κ2) is 21.2. The number of nitrogens with zero attached hydrogens (tertiary/aromatic N) is 3. The molecule has 0 saturated carbocycles. The van der Waals surface area contributed by atoms with Gasteiger partial charge in [-0.2, -0.15) is 0 Å². The maximum Gasteiger partial charge on any atom is 0.410 e. The van der Waals surface area contributed by atoms with Gasteiger partial charge in [0.05, 0.1) is 0 Å². The number of aliphatic imine (C=N–C) groups is 1. The number of carbonyl (C=O) groups is 1. The van der Waals surface area contributed by atoms with Gasteiger partial charge < -0.3 is 14.5 Å². The van der Waals surface area contributed by atoms with Gasteiger partial charge in [-0.05, 0) is 83.6 Å². The molecule has 42 heavy (non-hydrogen) atoms. The summed E-state index contributed by atoms with van der Waals surface area (Å²) in [6.07, 6.45) is 10.5. The second-order valence-electron chi connectivity index (χ2n) is 11.9. The lowest BCUT2D eigenvalue weighted by atomic mass is 9.90. The molecule has 2 rings (SSSR count). The molecule has 0 bridgehead atoms. The summed E-state index contributed by atoms with van der Waals surface area (Å²) in [5.74, 6) is 0.410. The van der Waals surface area contributed by atoms with E-state index in [1.807, 2.05) is 45.2 Å². The quantitative estimate of drug-likeness (QED) is 0.220. The summed E-state index contributed by atoms with van der Waals surface area (Å²) in [4.78, 5) is 21.2. The molecule has 1 aliphatic rings. The number of hydrogen-bond acceptors (Lipinski definition) is 4. The van der Waals surface area contributed by atoms with Gasteiger partial charge in [0.1, 0.15) is 5.60 Å². The Morgan fingerprint density at radius 2 is 1.62 bits per heavy atom. The topological polar surface area (TPSA) is 45.1 Å². The van der Waals surface area contributed by atoms with Crippen LogP contribution in [0, 0.1) is 5.92 Å². The van der Waals surface area contributed by atoms with Gasteiger partial charge in [0, 0.05) is 54.4 Å². The van der Waals surface area contributed by atoms with Crippen molar-refractivity contribution in [2.24, 2.45) is 10.9 Å². The fraction of sp³-hybridized carbons (Fsp3) is 0.611. The number of halogens is 1. The summed E-state index contributed by atoms with van der Waals surface area (Å²) in [5.41, 5.74) is 5.65. The minimum absolute atomic E-state index is 0.224. The molecular formula is C36H60ClN3O2. The van der Waals surface area contributed by atoms with Gasteiger partial charge in [0.15, 0.2) is 0 Å². The molecule has 1 aliphatic heterocycles. The summed E-state index contributed by atoms with van der Waals surface area (Å²) in [7, 11) is 0. The van der Waals surface area contributed by atoms with Crippen LogP contribution in [0.5, 0.6) is 0 Å². The van der Waals surface area contributed by atoms with Crippen LogP contribution in [-0.4, -0.2) is 53.4 Å². The van der Waals surface area contributed by atoms with E-state index < -0.39 is 5.60 Å². The van der Waals surface area contributed by atoms with Crippen molar-refractivity contribution in [3.05, 3.63) is 70.0 Å². The minimum Gasteiger partial charge on any atom is -0.444 e. The molecular weight excluding hydrogens is 542 g/mol. The van der Waals surface area contributed by atoms with E-state index in [1.54, 1.807) is 4.90 Å². The van der Waals surface area contributed by atoms with Gasteiger partial charge in [-0.3, -0.25) is 4.99 Å². The van der Waals surface area contributed by atoms with Crippen LogP contribution >= 0.6 is 11.6 Å². The summed E-state index contributed by atoms with van der Waals surface area (Å²) in [6.45, 7) is 27.9. The van der Waals surface area contributed by atoms with E-state index in [1.165, 1.54) is 35.2 Å². The Hall–Kier alpha value is -2.53. The molecule has 1 saturated heterocycles. The largest absolute Gasteiger partial charge is 0.444 e. The number of carbonyl (C=O) groups excluding carboxylic acids is 1. The smallest absolute Gasteiger partial charge is 0.410 e. The maximum absolute atomic E-state index is 12.4. The standard InChI is InChI=1S/C24H41N3O2.C9H11Cl.C3H8/c1-10-12-13-25-19(5)22(21(11-2)18(3)4)20(6)26-14-16-27(17-15-26)23(28)29-24(7,8)9;1-2-4-8-5-3-6-9(10)7-8;1-3-2/h11-13,18H,10,14-17H2,1-9H3;3,5-7H,2,4H2,1H3;3H2,1-2H3/b13-12+,21-11-,22-20-,25-19+;;. The molecule has 238 valence electrons. The normalized spacial score (nSPS) is 15.1. The number of allylic oxidation sites excluding steroid dienone is 5. The molecule has 0 unspecified atom stereocenters. The van der Waals surface area contributed by atoms with Crippen LogP contribution in [0.3, 0.4) is 0 Å². The molecule has 0 atom stereocenters. The highest BCUT2D eigenvalue weighted by Gasteiger charge is 2.27. The summed E-state index contributed by atoms with van der Waals surface area (Å²) >= 11 is 5.78. The summed E-state index contributed by atoms with van der Waals surface area (Å²) < 4.78 is 5.52. The summed E-state index contributed by atoms with van der Waals surface area (Å²) in [5, 5.41) is 0.839. The van der Waals surface area contributed by atoms with Crippen LogP contribution in [-0.2, 0) is 11.2 Å². The van der Waals surface area contributed by atoms with E-state index in [2.05, 4.69) is 85.4 Å². The molecule has 0 aliphatic carbocycles. The first-order valence-corrected chi connectivity index (χ1v) is 16.2. The monoisotopic (exact) mass is 601 g/mol. The zero-order valence-corrected chi connectivity index (χ0v) is 29.6. The predicted molar refractivity (Wildman–Crippen MR) is 185 cm³/mol. The highest BCUT2D eigenvalue weighted by Crippen LogP contribution is 2.27. The minimum atomic E-state index is -0.463. The fourth-order valence-corrected chi connectivity index (χ4v) is 4.68. The average molecular weight is 602 g/mol. The molecule has 1 aromatic rings. The number of benzene rings is 1. The molecule has 0 spiro atoms. The number of rotatable bonds is 8. The Morgan fingerprint density at radius 3 is 2.07 bits per heavy atom. The Kier molecular flexibility index (Phi) is 19.9. The number of hydrogen-bond donors (Lipinski definition) is 0. The highest BCUT2D eigenvalue weighted by atomic mass is 35.5. The van der Waals surface area contributed by atoms with Crippen molar-refractivity contribution >= 4 is 23.4 Å². The van der Waals surface area contributed by atoms with Crippen LogP contribution in [0.2, 0.25) is 5.02 Å². The molecule has 5 nitrogen and oxygen atoms in total. The Morgan fingerprint density at radius 1 is 1.05 bits per heavy atom. The predicted octanol–water partition coefficient (Wildman–Crippen LogP) is 10.5. The molecule has 1 aromatic carbocycles. The number of piperazine rings is 1. The lowest BCUT2D eigenvalue weighted by Crippen LogP contribution is -2.49. The Bertz CT molecular complexity index is 1040. The SMILES string of the molecule is CCC.CCCc1cccc(Cl)c1.C\C=C(C(/C(C)=N/C=C/CC)=C(/C)N1CCN(C(=O)OC(C)(C)C)CC1)\C(C)C. The zero-order valence-electron chi connectivity index (χ0n) is 28.8. The Labute approximate surface area is 263 Å². The van der Waals surface area contributed by atoms with E-state index in [-0.39, 0.29) is 6.09 Å². The molecule has 1 fully saturated rings. The van der Waals surface area contributed by atoms with Gasteiger partial charge >= 0.3 is 6.09 Å². The maximum atomic E-state index is 12.4. The van der Waals surface area contributed by atoms with Crippen LogP contribution in [0.1, 0.15) is 108 Å². The lowest BCUT2D eigenvalue weighted by molar-refractivity contribution is 0.0168. The van der Waals surface area contributed by atoms with E-state index in [4.69, 9.17) is 21.3 Å². The van der Waals surface area contributed by atoms with E-state index in [0.717, 1.165) is 36.7 Å². The molecule has 0 aromatic heterocycles. The van der Waals surface area contributed by atoms with E-state index >= 15 is 0 Å². The van der Waals surface area contributed by atoms with Crippen molar-refractivity contribution in [3.8, 4) is 0 Å². The van der Waals surface area contributed by atoms with Crippen molar-refractivity contribution in [2.75, 3.05) is 26.2 Å². The third-order valence-electron chi connectivity index (χ3n) is 6.39.